The third-order valence-corrected chi connectivity index (χ3v) is 7.40. The van der Waals surface area contributed by atoms with E-state index in [0.29, 0.717) is 19.5 Å². The summed E-state index contributed by atoms with van der Waals surface area (Å²) in [5, 5.41) is 8.92. The van der Waals surface area contributed by atoms with Crippen LogP contribution in [0.25, 0.3) is 0 Å². The Morgan fingerprint density at radius 2 is 1.79 bits per heavy atom. The number of nitrogens with zero attached hydrogens (tertiary/aromatic N) is 1. The van der Waals surface area contributed by atoms with Crippen LogP contribution in [0, 0.1) is 0 Å². The van der Waals surface area contributed by atoms with Gasteiger partial charge in [-0.15, -0.1) is 0 Å². The molecule has 13 heteroatoms. The molecule has 0 amide bonds. The molecule has 2 N–H and O–H groups in total. The van der Waals surface area contributed by atoms with Crippen LogP contribution in [0.3, 0.4) is 0 Å². The van der Waals surface area contributed by atoms with Crippen molar-refractivity contribution in [1.29, 1.82) is 0 Å². The van der Waals surface area contributed by atoms with E-state index >= 15 is 0 Å². The van der Waals surface area contributed by atoms with Gasteiger partial charge in [0, 0.05) is 19.2 Å². The second-order valence-corrected chi connectivity index (χ2v) is 10.7. The van der Waals surface area contributed by atoms with Gasteiger partial charge in [0.2, 0.25) is 0 Å². The summed E-state index contributed by atoms with van der Waals surface area (Å²) >= 11 is 6.21. The number of alkyl halides is 3. The molecular formula is C25H22ClF3N2O6S. The van der Waals surface area contributed by atoms with Crippen LogP contribution in [-0.4, -0.2) is 50.6 Å². The average molecular weight is 571 g/mol. The van der Waals surface area contributed by atoms with Gasteiger partial charge in [-0.25, -0.2) is 13.2 Å². The third kappa shape index (κ3) is 6.50. The number of carbonyl (C=O) groups is 1. The second-order valence-electron chi connectivity index (χ2n) is 8.63. The number of halogens is 4. The van der Waals surface area contributed by atoms with Gasteiger partial charge in [-0.05, 0) is 68.1 Å². The van der Waals surface area contributed by atoms with Crippen molar-refractivity contribution in [3.05, 3.63) is 76.8 Å². The van der Waals surface area contributed by atoms with Crippen LogP contribution in [0.5, 0.6) is 17.2 Å². The van der Waals surface area contributed by atoms with Crippen LogP contribution in [0.15, 0.2) is 65.6 Å². The lowest BCUT2D eigenvalue weighted by atomic mass is 10.1. The Balaban J connectivity index is 1.54. The first-order chi connectivity index (χ1) is 17.8. The standard InChI is InChI=1S/C25H22ClF3N2O6S/c1-31-11-10-18(14-31)37-23-12-16(4-8-20(23)25(27,28)29)30-38(34,35)19-7-9-22(21(26)13-19)36-17-5-2-15(3-6-17)24(32)33/h2-9,12-13,18,30H,10-11,14H2,1H3,(H,32,33). The number of likely N-dealkylation sites (tertiary alicyclic amines) is 1. The highest BCUT2D eigenvalue weighted by Gasteiger charge is 2.36. The summed E-state index contributed by atoms with van der Waals surface area (Å²) in [6, 6.07) is 11.9. The molecule has 38 heavy (non-hydrogen) atoms. The fraction of sp³-hybridized carbons (Fsp3) is 0.240. The number of ether oxygens (including phenoxy) is 2. The van der Waals surface area contributed by atoms with Gasteiger partial charge >= 0.3 is 12.1 Å². The SMILES string of the molecule is CN1CCC(Oc2cc(NS(=O)(=O)c3ccc(Oc4ccc(C(=O)O)cc4)c(Cl)c3)ccc2C(F)(F)F)C1. The van der Waals surface area contributed by atoms with Gasteiger partial charge in [-0.2, -0.15) is 13.2 Å². The molecule has 8 nitrogen and oxygen atoms in total. The summed E-state index contributed by atoms with van der Waals surface area (Å²) in [6.45, 7) is 1.12. The molecule has 0 aliphatic carbocycles. The van der Waals surface area contributed by atoms with E-state index in [2.05, 4.69) is 4.72 Å². The molecule has 1 fully saturated rings. The molecule has 0 aromatic heterocycles. The van der Waals surface area contributed by atoms with Crippen molar-refractivity contribution >= 4 is 33.3 Å². The van der Waals surface area contributed by atoms with Gasteiger partial charge < -0.3 is 19.5 Å². The van der Waals surface area contributed by atoms with Crippen LogP contribution in [0.2, 0.25) is 5.02 Å². The normalized spacial score (nSPS) is 16.3. The predicted octanol–water partition coefficient (Wildman–Crippen LogP) is 5.73. The Bertz CT molecular complexity index is 1450. The fourth-order valence-corrected chi connectivity index (χ4v) is 5.19. The van der Waals surface area contributed by atoms with E-state index in [1.54, 1.807) is 0 Å². The first-order valence-electron chi connectivity index (χ1n) is 11.2. The number of anilines is 1. The van der Waals surface area contributed by atoms with Gasteiger partial charge in [-0.1, -0.05) is 11.6 Å². The highest BCUT2D eigenvalue weighted by molar-refractivity contribution is 7.92. The number of carboxylic acid groups (broad SMARTS) is 1. The predicted molar refractivity (Wildman–Crippen MR) is 134 cm³/mol. The molecule has 202 valence electrons. The van der Waals surface area contributed by atoms with E-state index in [0.717, 1.165) is 24.3 Å². The number of nitrogens with one attached hydrogen (secondary N) is 1. The van der Waals surface area contributed by atoms with Gasteiger partial charge in [0.05, 0.1) is 26.7 Å². The number of rotatable bonds is 8. The minimum Gasteiger partial charge on any atom is -0.488 e. The molecule has 1 aliphatic rings. The zero-order chi connectivity index (χ0) is 27.7. The zero-order valence-corrected chi connectivity index (χ0v) is 21.4. The van der Waals surface area contributed by atoms with Crippen molar-refractivity contribution in [3.63, 3.8) is 0 Å². The third-order valence-electron chi connectivity index (χ3n) is 5.72. The summed E-state index contributed by atoms with van der Waals surface area (Å²) in [7, 11) is -2.41. The van der Waals surface area contributed by atoms with Crippen LogP contribution >= 0.6 is 11.6 Å². The summed E-state index contributed by atoms with van der Waals surface area (Å²) in [5.74, 6) is -1.18. The van der Waals surface area contributed by atoms with Crippen molar-refractivity contribution in [2.45, 2.75) is 23.6 Å². The first-order valence-corrected chi connectivity index (χ1v) is 13.1. The monoisotopic (exact) mass is 570 g/mol. The van der Waals surface area contributed by atoms with Gasteiger partial charge in [-0.3, -0.25) is 4.72 Å². The molecule has 1 heterocycles. The summed E-state index contributed by atoms with van der Waals surface area (Å²) in [6.07, 6.45) is -4.60. The number of likely N-dealkylation sites (N-methyl/N-ethyl adjacent to an activating group) is 1. The van der Waals surface area contributed by atoms with E-state index in [1.165, 1.54) is 36.4 Å². The summed E-state index contributed by atoms with van der Waals surface area (Å²) in [5.41, 5.74) is -1.06. The Morgan fingerprint density at radius 3 is 2.37 bits per heavy atom. The van der Waals surface area contributed by atoms with Crippen LogP contribution in [0.1, 0.15) is 22.3 Å². The highest BCUT2D eigenvalue weighted by atomic mass is 35.5. The molecule has 0 saturated carbocycles. The molecule has 3 aromatic rings. The largest absolute Gasteiger partial charge is 0.488 e. The van der Waals surface area contributed by atoms with Crippen molar-refractivity contribution in [3.8, 4) is 17.2 Å². The minimum absolute atomic E-state index is 0.0584. The zero-order valence-electron chi connectivity index (χ0n) is 19.8. The second kappa shape index (κ2) is 10.7. The van der Waals surface area contributed by atoms with Crippen molar-refractivity contribution in [2.75, 3.05) is 24.9 Å². The number of aromatic carboxylic acids is 1. The van der Waals surface area contributed by atoms with Crippen LogP contribution in [0.4, 0.5) is 18.9 Å². The Morgan fingerprint density at radius 1 is 1.08 bits per heavy atom. The molecular weight excluding hydrogens is 549 g/mol. The molecule has 0 bridgehead atoms. The maximum Gasteiger partial charge on any atom is 0.419 e. The van der Waals surface area contributed by atoms with E-state index in [1.807, 2.05) is 11.9 Å². The summed E-state index contributed by atoms with van der Waals surface area (Å²) in [4.78, 5) is 12.6. The maximum absolute atomic E-state index is 13.5. The van der Waals surface area contributed by atoms with Crippen molar-refractivity contribution in [1.82, 2.24) is 4.90 Å². The smallest absolute Gasteiger partial charge is 0.419 e. The molecule has 1 saturated heterocycles. The molecule has 1 atom stereocenters. The molecule has 0 radical (unpaired) electrons. The molecule has 4 rings (SSSR count). The van der Waals surface area contributed by atoms with Crippen molar-refractivity contribution < 1.29 is 41.0 Å². The van der Waals surface area contributed by atoms with E-state index in [-0.39, 0.29) is 32.7 Å². The Labute approximate surface area is 221 Å². The quantitative estimate of drug-likeness (QED) is 0.356. The first kappa shape index (κ1) is 27.6. The van der Waals surface area contributed by atoms with Crippen molar-refractivity contribution in [2.24, 2.45) is 0 Å². The minimum atomic E-state index is -4.69. The van der Waals surface area contributed by atoms with Gasteiger partial charge in [0.25, 0.3) is 10.0 Å². The number of carboxylic acids is 1. The molecule has 1 unspecified atom stereocenters. The van der Waals surface area contributed by atoms with E-state index < -0.39 is 39.6 Å². The van der Waals surface area contributed by atoms with Crippen LogP contribution < -0.4 is 14.2 Å². The lowest BCUT2D eigenvalue weighted by Gasteiger charge is -2.19. The van der Waals surface area contributed by atoms with E-state index in [9.17, 15) is 26.4 Å². The molecule has 3 aromatic carbocycles. The lowest BCUT2D eigenvalue weighted by molar-refractivity contribution is -0.139. The van der Waals surface area contributed by atoms with Gasteiger partial charge in [0.1, 0.15) is 23.4 Å². The number of hydrogen-bond acceptors (Lipinski definition) is 6. The Kier molecular flexibility index (Phi) is 7.77. The number of hydrogen-bond donors (Lipinski definition) is 2. The van der Waals surface area contributed by atoms with E-state index in [4.69, 9.17) is 26.2 Å². The highest BCUT2D eigenvalue weighted by Crippen LogP contribution is 2.39. The topological polar surface area (TPSA) is 105 Å². The molecule has 1 aliphatic heterocycles. The number of sulfonamides is 1. The maximum atomic E-state index is 13.5. The number of benzene rings is 3. The fourth-order valence-electron chi connectivity index (χ4n) is 3.83. The average Bonchev–Trinajstić information content (AvgIpc) is 3.24. The lowest BCUT2D eigenvalue weighted by Crippen LogP contribution is -2.23. The van der Waals surface area contributed by atoms with Gasteiger partial charge in [0.15, 0.2) is 0 Å². The van der Waals surface area contributed by atoms with Crippen LogP contribution in [-0.2, 0) is 16.2 Å². The summed E-state index contributed by atoms with van der Waals surface area (Å²) < 4.78 is 80.0. The Hall–Kier alpha value is -3.48. The molecule has 0 spiro atoms.